The van der Waals surface area contributed by atoms with Gasteiger partial charge in [-0.05, 0) is 24.6 Å². The van der Waals surface area contributed by atoms with E-state index in [2.05, 4.69) is 25.0 Å². The van der Waals surface area contributed by atoms with E-state index in [1.165, 1.54) is 23.0 Å². The molecule has 10 nitrogen and oxygen atoms in total. The summed E-state index contributed by atoms with van der Waals surface area (Å²) >= 11 is 0. The monoisotopic (exact) mass is 448 g/mol. The van der Waals surface area contributed by atoms with Crippen LogP contribution in [0.2, 0.25) is 0 Å². The minimum absolute atomic E-state index is 0.0550. The van der Waals surface area contributed by atoms with E-state index < -0.39 is 0 Å². The summed E-state index contributed by atoms with van der Waals surface area (Å²) in [5.41, 5.74) is 7.73. The molecule has 2 N–H and O–H groups in total. The molecule has 0 bridgehead atoms. The van der Waals surface area contributed by atoms with Gasteiger partial charge in [-0.2, -0.15) is 15.0 Å². The normalized spacial score (nSPS) is 13.6. The molecule has 1 fully saturated rings. The molecule has 3 aromatic heterocycles. The van der Waals surface area contributed by atoms with Crippen LogP contribution in [-0.2, 0) is 6.54 Å². The fourth-order valence-corrected chi connectivity index (χ4v) is 3.38. The number of piperidine rings is 1. The van der Waals surface area contributed by atoms with Crippen molar-refractivity contribution in [2.24, 2.45) is 5.73 Å². The number of anilines is 1. The van der Waals surface area contributed by atoms with Gasteiger partial charge in [0.1, 0.15) is 29.3 Å². The number of aromatic nitrogens is 5. The maximum absolute atomic E-state index is 12.6. The lowest BCUT2D eigenvalue weighted by atomic mass is 10.1. The molecular formula is C23H28N8O2. The van der Waals surface area contributed by atoms with Crippen molar-refractivity contribution in [1.82, 2.24) is 24.7 Å². The third kappa shape index (κ3) is 5.70. The molecule has 1 saturated heterocycles. The second-order valence-electron chi connectivity index (χ2n) is 7.29. The van der Waals surface area contributed by atoms with Crippen molar-refractivity contribution in [1.29, 1.82) is 5.26 Å². The molecule has 0 unspecified atom stereocenters. The largest absolute Gasteiger partial charge is 0.488 e. The molecule has 0 amide bonds. The number of hydrogen-bond donors (Lipinski definition) is 1. The summed E-state index contributed by atoms with van der Waals surface area (Å²) in [5.74, 6) is 1.11. The van der Waals surface area contributed by atoms with Crippen molar-refractivity contribution in [3.05, 3.63) is 64.1 Å². The van der Waals surface area contributed by atoms with Crippen molar-refractivity contribution in [3.63, 3.8) is 0 Å². The quantitative estimate of drug-likeness (QED) is 0.622. The van der Waals surface area contributed by atoms with Gasteiger partial charge in [0.2, 0.25) is 5.95 Å². The SMILES string of the molecule is CC.Cc1cnc(N2CCC(Oc3cc(=O)n(-c4ccc(C#N)nc4)nc3CN)CC2)nc1. The minimum Gasteiger partial charge on any atom is -0.488 e. The summed E-state index contributed by atoms with van der Waals surface area (Å²) in [4.78, 5) is 27.5. The molecule has 0 aliphatic carbocycles. The van der Waals surface area contributed by atoms with Gasteiger partial charge in [0, 0.05) is 50.9 Å². The number of nitrogens with zero attached hydrogens (tertiary/aromatic N) is 7. The van der Waals surface area contributed by atoms with Gasteiger partial charge in [-0.1, -0.05) is 13.8 Å². The van der Waals surface area contributed by atoms with Gasteiger partial charge in [-0.25, -0.2) is 15.0 Å². The van der Waals surface area contributed by atoms with Gasteiger partial charge >= 0.3 is 0 Å². The Morgan fingerprint density at radius 1 is 1.15 bits per heavy atom. The molecule has 0 radical (unpaired) electrons. The van der Waals surface area contributed by atoms with Crippen LogP contribution in [0.1, 0.15) is 43.6 Å². The van der Waals surface area contributed by atoms with Crippen LogP contribution in [0, 0.1) is 18.3 Å². The van der Waals surface area contributed by atoms with Crippen LogP contribution >= 0.6 is 0 Å². The fraction of sp³-hybridized carbons (Fsp3) is 0.391. The van der Waals surface area contributed by atoms with E-state index in [1.54, 1.807) is 6.07 Å². The molecule has 4 heterocycles. The summed E-state index contributed by atoms with van der Waals surface area (Å²) in [6.45, 7) is 7.59. The third-order valence-electron chi connectivity index (χ3n) is 5.05. The smallest absolute Gasteiger partial charge is 0.275 e. The maximum Gasteiger partial charge on any atom is 0.275 e. The molecular weight excluding hydrogens is 420 g/mol. The Balaban J connectivity index is 0.00000149. The van der Waals surface area contributed by atoms with Gasteiger partial charge in [0.05, 0.1) is 11.9 Å². The maximum atomic E-state index is 12.6. The number of hydrogen-bond acceptors (Lipinski definition) is 9. The van der Waals surface area contributed by atoms with Crippen molar-refractivity contribution in [2.45, 2.75) is 46.3 Å². The number of nitriles is 1. The van der Waals surface area contributed by atoms with Crippen LogP contribution in [0.5, 0.6) is 5.75 Å². The van der Waals surface area contributed by atoms with Crippen LogP contribution in [0.3, 0.4) is 0 Å². The molecule has 0 spiro atoms. The molecule has 172 valence electrons. The van der Waals surface area contributed by atoms with E-state index in [0.29, 0.717) is 23.1 Å². The topological polar surface area (TPSA) is 136 Å². The molecule has 1 aliphatic heterocycles. The van der Waals surface area contributed by atoms with Gasteiger partial charge in [0.25, 0.3) is 5.56 Å². The number of rotatable bonds is 5. The van der Waals surface area contributed by atoms with Crippen LogP contribution in [-0.4, -0.2) is 43.9 Å². The van der Waals surface area contributed by atoms with Gasteiger partial charge in [0.15, 0.2) is 0 Å². The first-order valence-electron chi connectivity index (χ1n) is 11.0. The molecule has 4 rings (SSSR count). The molecule has 3 aromatic rings. The predicted molar refractivity (Wildman–Crippen MR) is 124 cm³/mol. The predicted octanol–water partition coefficient (Wildman–Crippen LogP) is 2.13. The lowest BCUT2D eigenvalue weighted by molar-refractivity contribution is 0.167. The van der Waals surface area contributed by atoms with Crippen LogP contribution in [0.4, 0.5) is 5.95 Å². The van der Waals surface area contributed by atoms with E-state index in [0.717, 1.165) is 31.5 Å². The van der Waals surface area contributed by atoms with E-state index in [-0.39, 0.29) is 23.9 Å². The number of pyridine rings is 1. The Bertz CT molecular complexity index is 1150. The molecule has 10 heteroatoms. The first-order valence-corrected chi connectivity index (χ1v) is 11.0. The van der Waals surface area contributed by atoms with E-state index >= 15 is 0 Å². The van der Waals surface area contributed by atoms with Gasteiger partial charge in [-0.3, -0.25) is 4.79 Å². The average Bonchev–Trinajstić information content (AvgIpc) is 2.86. The first-order chi connectivity index (χ1) is 16.1. The van der Waals surface area contributed by atoms with Crippen molar-refractivity contribution in [2.75, 3.05) is 18.0 Å². The van der Waals surface area contributed by atoms with E-state index in [4.69, 9.17) is 15.7 Å². The zero-order valence-electron chi connectivity index (χ0n) is 19.1. The summed E-state index contributed by atoms with van der Waals surface area (Å²) in [6.07, 6.45) is 6.52. The second-order valence-corrected chi connectivity index (χ2v) is 7.29. The minimum atomic E-state index is -0.357. The number of nitrogens with two attached hydrogens (primary N) is 1. The fourth-order valence-electron chi connectivity index (χ4n) is 3.38. The lowest BCUT2D eigenvalue weighted by Crippen LogP contribution is -2.39. The molecule has 0 atom stereocenters. The summed E-state index contributed by atoms with van der Waals surface area (Å²) < 4.78 is 7.32. The highest BCUT2D eigenvalue weighted by Gasteiger charge is 2.23. The standard InChI is InChI=1S/C21H22N8O2.C2H6/c1-14-11-25-21(26-12-14)28-6-4-17(5-7-28)31-19-8-20(30)29(27-18(19)10-23)16-3-2-15(9-22)24-13-16;1-2/h2-3,8,11-13,17H,4-7,10,23H2,1H3;1-2H3. The molecule has 0 saturated carbocycles. The Kier molecular flexibility index (Phi) is 8.05. The Labute approximate surface area is 192 Å². The Hall–Kier alpha value is -3.84. The highest BCUT2D eigenvalue weighted by molar-refractivity contribution is 5.35. The van der Waals surface area contributed by atoms with Crippen LogP contribution < -0.4 is 20.9 Å². The third-order valence-corrected chi connectivity index (χ3v) is 5.05. The second kappa shape index (κ2) is 11.2. The van der Waals surface area contributed by atoms with Crippen LogP contribution in [0.15, 0.2) is 41.6 Å². The molecule has 33 heavy (non-hydrogen) atoms. The lowest BCUT2D eigenvalue weighted by Gasteiger charge is -2.32. The Morgan fingerprint density at radius 2 is 1.85 bits per heavy atom. The Morgan fingerprint density at radius 3 is 2.42 bits per heavy atom. The van der Waals surface area contributed by atoms with Crippen molar-refractivity contribution in [3.8, 4) is 17.5 Å². The van der Waals surface area contributed by atoms with E-state index in [9.17, 15) is 4.79 Å². The zero-order valence-corrected chi connectivity index (χ0v) is 19.1. The van der Waals surface area contributed by atoms with Gasteiger partial charge in [-0.15, -0.1) is 0 Å². The summed E-state index contributed by atoms with van der Waals surface area (Å²) in [5, 5.41) is 13.2. The number of aryl methyl sites for hydroxylation is 1. The van der Waals surface area contributed by atoms with Crippen molar-refractivity contribution >= 4 is 5.95 Å². The summed E-state index contributed by atoms with van der Waals surface area (Å²) in [6, 6.07) is 6.49. The van der Waals surface area contributed by atoms with Crippen molar-refractivity contribution < 1.29 is 4.74 Å². The van der Waals surface area contributed by atoms with E-state index in [1.807, 2.05) is 39.2 Å². The zero-order chi connectivity index (χ0) is 23.8. The highest BCUT2D eigenvalue weighted by atomic mass is 16.5. The molecule has 1 aliphatic rings. The highest BCUT2D eigenvalue weighted by Crippen LogP contribution is 2.22. The van der Waals surface area contributed by atoms with Crippen LogP contribution in [0.25, 0.3) is 5.69 Å². The average molecular weight is 449 g/mol. The summed E-state index contributed by atoms with van der Waals surface area (Å²) in [7, 11) is 0. The molecule has 0 aromatic carbocycles. The van der Waals surface area contributed by atoms with Gasteiger partial charge < -0.3 is 15.4 Å². The first kappa shape index (κ1) is 23.8. The number of ether oxygens (including phenoxy) is 1.